The fraction of sp³-hybridized carbons (Fsp3) is 0.471. The van der Waals surface area contributed by atoms with E-state index in [0.717, 1.165) is 6.42 Å². The van der Waals surface area contributed by atoms with E-state index in [1.165, 1.54) is 0 Å². The minimum Gasteiger partial charge on any atom is -0.351 e. The van der Waals surface area contributed by atoms with Crippen molar-refractivity contribution in [2.45, 2.75) is 52.0 Å². The Hall–Kier alpha value is -2.17. The van der Waals surface area contributed by atoms with E-state index in [2.05, 4.69) is 15.3 Å². The van der Waals surface area contributed by atoms with Gasteiger partial charge in [0.15, 0.2) is 0 Å². The molecule has 0 aliphatic heterocycles. The second-order valence-corrected chi connectivity index (χ2v) is 6.17. The van der Waals surface area contributed by atoms with E-state index in [-0.39, 0.29) is 17.0 Å². The van der Waals surface area contributed by atoms with E-state index < -0.39 is 0 Å². The number of benzene rings is 1. The number of nitrogens with zero attached hydrogens (tertiary/aromatic N) is 1. The van der Waals surface area contributed by atoms with Gasteiger partial charge in [-0.2, -0.15) is 0 Å². The summed E-state index contributed by atoms with van der Waals surface area (Å²) < 4.78 is 0. The molecule has 0 atom stereocenters. The van der Waals surface area contributed by atoms with Crippen LogP contribution in [0.1, 0.15) is 45.9 Å². The molecule has 1 aromatic carbocycles. The molecule has 118 valence electrons. The van der Waals surface area contributed by atoms with Gasteiger partial charge in [0.05, 0.1) is 10.9 Å². The fourth-order valence-corrected chi connectivity index (χ4v) is 2.20. The van der Waals surface area contributed by atoms with E-state index >= 15 is 0 Å². The molecule has 0 aliphatic rings. The Kier molecular flexibility index (Phi) is 4.96. The quantitative estimate of drug-likeness (QED) is 0.861. The predicted molar refractivity (Wildman–Crippen MR) is 87.8 cm³/mol. The van der Waals surface area contributed by atoms with Crippen molar-refractivity contribution in [2.24, 2.45) is 0 Å². The van der Waals surface area contributed by atoms with Crippen molar-refractivity contribution in [1.82, 2.24) is 15.3 Å². The first kappa shape index (κ1) is 16.2. The highest BCUT2D eigenvalue weighted by Gasteiger charge is 2.17. The summed E-state index contributed by atoms with van der Waals surface area (Å²) in [5.74, 6) is 0.668. The van der Waals surface area contributed by atoms with Gasteiger partial charge in [-0.05, 0) is 38.8 Å². The third-order valence-electron chi connectivity index (χ3n) is 3.84. The van der Waals surface area contributed by atoms with Crippen molar-refractivity contribution in [2.75, 3.05) is 0 Å². The van der Waals surface area contributed by atoms with Crippen LogP contribution >= 0.6 is 0 Å². The number of carbonyl (C=O) groups excluding carboxylic acids is 1. The van der Waals surface area contributed by atoms with Crippen molar-refractivity contribution >= 4 is 16.8 Å². The summed E-state index contributed by atoms with van der Waals surface area (Å²) in [5.41, 5.74) is 0.391. The first-order chi connectivity index (χ1) is 10.4. The summed E-state index contributed by atoms with van der Waals surface area (Å²) in [6, 6.07) is 7.26. The van der Waals surface area contributed by atoms with E-state index in [1.54, 1.807) is 6.07 Å². The average molecular weight is 301 g/mol. The lowest BCUT2D eigenvalue weighted by atomic mass is 10.0. The molecule has 0 saturated carbocycles. The Morgan fingerprint density at radius 3 is 2.77 bits per heavy atom. The third-order valence-corrected chi connectivity index (χ3v) is 3.84. The number of carbonyl (C=O) groups is 1. The number of nitrogens with one attached hydrogen (secondary N) is 2. The van der Waals surface area contributed by atoms with E-state index in [1.807, 2.05) is 39.0 Å². The zero-order valence-electron chi connectivity index (χ0n) is 13.4. The summed E-state index contributed by atoms with van der Waals surface area (Å²) in [5, 5.41) is 3.59. The topological polar surface area (TPSA) is 74.8 Å². The maximum atomic E-state index is 11.9. The minimum atomic E-state index is -0.174. The number of aryl methyl sites for hydroxylation is 1. The van der Waals surface area contributed by atoms with Crippen LogP contribution < -0.4 is 10.9 Å². The van der Waals surface area contributed by atoms with E-state index in [0.29, 0.717) is 36.0 Å². The second-order valence-electron chi connectivity index (χ2n) is 6.17. The van der Waals surface area contributed by atoms with Crippen LogP contribution in [0.15, 0.2) is 29.1 Å². The molecular weight excluding hydrogens is 278 g/mol. The van der Waals surface area contributed by atoms with Gasteiger partial charge in [-0.3, -0.25) is 9.59 Å². The highest BCUT2D eigenvalue weighted by atomic mass is 16.1. The highest BCUT2D eigenvalue weighted by Crippen LogP contribution is 2.09. The third kappa shape index (κ3) is 4.16. The lowest BCUT2D eigenvalue weighted by molar-refractivity contribution is -0.122. The summed E-state index contributed by atoms with van der Waals surface area (Å²) in [6.07, 6.45) is 2.56. The molecule has 1 amide bonds. The summed E-state index contributed by atoms with van der Waals surface area (Å²) in [6.45, 7) is 6.06. The Bertz CT molecular complexity index is 719. The number of hydrogen-bond donors (Lipinski definition) is 2. The number of amides is 1. The first-order valence-corrected chi connectivity index (χ1v) is 7.70. The molecule has 0 saturated heterocycles. The smallest absolute Gasteiger partial charge is 0.258 e. The number of para-hydroxylation sites is 1. The molecule has 0 unspecified atom stereocenters. The molecule has 2 N–H and O–H groups in total. The Labute approximate surface area is 130 Å². The molecule has 1 heterocycles. The molecule has 2 rings (SSSR count). The molecule has 5 nitrogen and oxygen atoms in total. The summed E-state index contributed by atoms with van der Waals surface area (Å²) in [7, 11) is 0. The van der Waals surface area contributed by atoms with Gasteiger partial charge in [0, 0.05) is 18.4 Å². The number of H-pyrrole nitrogens is 1. The normalized spacial score (nSPS) is 11.6. The molecule has 0 aliphatic carbocycles. The van der Waals surface area contributed by atoms with Crippen LogP contribution in [0.4, 0.5) is 0 Å². The number of aromatic amines is 1. The van der Waals surface area contributed by atoms with Gasteiger partial charge in [-0.15, -0.1) is 0 Å². The van der Waals surface area contributed by atoms with Crippen molar-refractivity contribution in [1.29, 1.82) is 0 Å². The van der Waals surface area contributed by atoms with E-state index in [4.69, 9.17) is 0 Å². The maximum absolute atomic E-state index is 11.9. The number of fused-ring (bicyclic) bond motifs is 1. The number of hydrogen-bond acceptors (Lipinski definition) is 3. The monoisotopic (exact) mass is 301 g/mol. The maximum Gasteiger partial charge on any atom is 0.258 e. The van der Waals surface area contributed by atoms with Gasteiger partial charge in [0.2, 0.25) is 5.91 Å². The number of aromatic nitrogens is 2. The van der Waals surface area contributed by atoms with Crippen molar-refractivity contribution in [3.05, 3.63) is 40.4 Å². The molecule has 5 heteroatoms. The van der Waals surface area contributed by atoms with Crippen molar-refractivity contribution in [3.8, 4) is 0 Å². The molecule has 2 aromatic rings. The fourth-order valence-electron chi connectivity index (χ4n) is 2.20. The Morgan fingerprint density at radius 1 is 1.32 bits per heavy atom. The molecule has 0 radical (unpaired) electrons. The van der Waals surface area contributed by atoms with Crippen LogP contribution in [0.25, 0.3) is 10.9 Å². The van der Waals surface area contributed by atoms with Crippen LogP contribution in [0.3, 0.4) is 0 Å². The summed E-state index contributed by atoms with van der Waals surface area (Å²) >= 11 is 0. The van der Waals surface area contributed by atoms with Crippen molar-refractivity contribution < 1.29 is 4.79 Å². The number of rotatable bonds is 6. The molecule has 0 spiro atoms. The van der Waals surface area contributed by atoms with E-state index in [9.17, 15) is 9.59 Å². The van der Waals surface area contributed by atoms with Gasteiger partial charge < -0.3 is 10.3 Å². The van der Waals surface area contributed by atoms with Crippen LogP contribution in [0.2, 0.25) is 0 Å². The predicted octanol–water partition coefficient (Wildman–Crippen LogP) is 2.55. The van der Waals surface area contributed by atoms with Crippen LogP contribution in [-0.2, 0) is 11.2 Å². The molecule has 0 fully saturated rings. The first-order valence-electron chi connectivity index (χ1n) is 7.70. The van der Waals surface area contributed by atoms with Gasteiger partial charge in [0.1, 0.15) is 5.82 Å². The molecule has 22 heavy (non-hydrogen) atoms. The van der Waals surface area contributed by atoms with Gasteiger partial charge >= 0.3 is 0 Å². The summed E-state index contributed by atoms with van der Waals surface area (Å²) in [4.78, 5) is 31.1. The van der Waals surface area contributed by atoms with Crippen molar-refractivity contribution in [3.63, 3.8) is 0 Å². The van der Waals surface area contributed by atoms with Crippen LogP contribution in [-0.4, -0.2) is 21.4 Å². The highest BCUT2D eigenvalue weighted by molar-refractivity contribution is 5.77. The molecule has 1 aromatic heterocycles. The molecular formula is C17H23N3O2. The van der Waals surface area contributed by atoms with Crippen LogP contribution in [0, 0.1) is 0 Å². The zero-order valence-corrected chi connectivity index (χ0v) is 13.4. The average Bonchev–Trinajstić information content (AvgIpc) is 2.47. The Balaban J connectivity index is 1.95. The minimum absolute atomic E-state index is 0.0370. The Morgan fingerprint density at radius 2 is 2.05 bits per heavy atom. The van der Waals surface area contributed by atoms with Gasteiger partial charge in [-0.25, -0.2) is 4.98 Å². The lowest BCUT2D eigenvalue weighted by Gasteiger charge is -2.24. The standard InChI is InChI=1S/C17H23N3O2/c1-4-17(2,3)20-15(21)11-7-10-14-18-13-9-6-5-8-12(13)16(22)19-14/h5-6,8-9H,4,7,10-11H2,1-3H3,(H,20,21)(H,18,19,22). The molecule has 0 bridgehead atoms. The van der Waals surface area contributed by atoms with Gasteiger partial charge in [-0.1, -0.05) is 19.1 Å². The zero-order chi connectivity index (χ0) is 16.2. The van der Waals surface area contributed by atoms with Crippen LogP contribution in [0.5, 0.6) is 0 Å². The lowest BCUT2D eigenvalue weighted by Crippen LogP contribution is -2.42. The second kappa shape index (κ2) is 6.73. The van der Waals surface area contributed by atoms with Gasteiger partial charge in [0.25, 0.3) is 5.56 Å². The largest absolute Gasteiger partial charge is 0.351 e. The SMILES string of the molecule is CCC(C)(C)NC(=O)CCCc1nc2ccccc2c(=O)[nH]1.